The van der Waals surface area contributed by atoms with Gasteiger partial charge in [-0.1, -0.05) is 55.1 Å². The van der Waals surface area contributed by atoms with Crippen LogP contribution < -0.4 is 0 Å². The Morgan fingerprint density at radius 2 is 1.68 bits per heavy atom. The van der Waals surface area contributed by atoms with Crippen LogP contribution in [0.4, 0.5) is 4.39 Å². The molecule has 0 bridgehead atoms. The molecule has 2 aromatic rings. The van der Waals surface area contributed by atoms with Gasteiger partial charge in [0.1, 0.15) is 5.82 Å². The van der Waals surface area contributed by atoms with E-state index in [2.05, 4.69) is 47.8 Å². The Labute approximate surface area is 145 Å². The minimum Gasteiger partial charge on any atom is -0.207 e. The van der Waals surface area contributed by atoms with Crippen LogP contribution >= 0.6 is 71.0 Å². The van der Waals surface area contributed by atoms with Crippen molar-refractivity contribution in [1.82, 2.24) is 0 Å². The molecule has 1 atom stereocenters. The molecule has 0 N–H and O–H groups in total. The van der Waals surface area contributed by atoms with Crippen molar-refractivity contribution in [3.8, 4) is 0 Å². The normalized spacial score (nSPS) is 12.5. The van der Waals surface area contributed by atoms with Gasteiger partial charge in [0.2, 0.25) is 0 Å². The van der Waals surface area contributed by atoms with E-state index in [-0.39, 0.29) is 10.6 Å². The third kappa shape index (κ3) is 3.73. The van der Waals surface area contributed by atoms with Crippen molar-refractivity contribution >= 4 is 71.0 Å². The first-order chi connectivity index (χ1) is 8.88. The predicted molar refractivity (Wildman–Crippen MR) is 89.0 cm³/mol. The Hall–Kier alpha value is 0.390. The van der Waals surface area contributed by atoms with Crippen LogP contribution in [0.2, 0.25) is 10.0 Å². The van der Waals surface area contributed by atoms with E-state index < -0.39 is 0 Å². The van der Waals surface area contributed by atoms with Gasteiger partial charge in [-0.25, -0.2) is 4.39 Å². The average molecular weight is 492 g/mol. The highest BCUT2D eigenvalue weighted by Crippen LogP contribution is 2.38. The third-order valence-electron chi connectivity index (χ3n) is 2.49. The van der Waals surface area contributed by atoms with Crippen molar-refractivity contribution in [3.63, 3.8) is 0 Å². The molecule has 0 radical (unpaired) electrons. The maximum absolute atomic E-state index is 14.0. The predicted octanol–water partition coefficient (Wildman–Crippen LogP) is 7.14. The lowest BCUT2D eigenvalue weighted by atomic mass is 10.0. The fourth-order valence-corrected chi connectivity index (χ4v) is 3.62. The number of alkyl halides is 1. The van der Waals surface area contributed by atoms with Crippen molar-refractivity contribution in [1.29, 1.82) is 0 Å². The van der Waals surface area contributed by atoms with Crippen molar-refractivity contribution in [3.05, 3.63) is 66.3 Å². The lowest BCUT2D eigenvalue weighted by molar-refractivity contribution is 0.612. The van der Waals surface area contributed by atoms with Gasteiger partial charge >= 0.3 is 0 Å². The SMILES string of the molecule is Fc1cc(Br)c(Cl)cc1C(Br)c1cc(Cl)cc(Br)c1. The van der Waals surface area contributed by atoms with E-state index in [4.69, 9.17) is 23.2 Å². The third-order valence-corrected chi connectivity index (χ3v) is 5.39. The van der Waals surface area contributed by atoms with Crippen LogP contribution in [0.3, 0.4) is 0 Å². The van der Waals surface area contributed by atoms with E-state index in [0.717, 1.165) is 10.0 Å². The van der Waals surface area contributed by atoms with E-state index in [9.17, 15) is 4.39 Å². The second-order valence-electron chi connectivity index (χ2n) is 3.85. The summed E-state index contributed by atoms with van der Waals surface area (Å²) in [6, 6.07) is 8.37. The lowest BCUT2D eigenvalue weighted by Crippen LogP contribution is -1.97. The molecular weight excluding hydrogens is 486 g/mol. The molecule has 0 aliphatic carbocycles. The first kappa shape index (κ1) is 15.8. The van der Waals surface area contributed by atoms with Crippen LogP contribution in [-0.2, 0) is 0 Å². The summed E-state index contributed by atoms with van der Waals surface area (Å²) in [6.45, 7) is 0. The summed E-state index contributed by atoms with van der Waals surface area (Å²) in [6.07, 6.45) is 0. The molecule has 0 saturated carbocycles. The fourth-order valence-electron chi connectivity index (χ4n) is 1.63. The highest BCUT2D eigenvalue weighted by Gasteiger charge is 2.17. The number of rotatable bonds is 2. The van der Waals surface area contributed by atoms with E-state index in [1.54, 1.807) is 18.2 Å². The molecule has 0 aliphatic rings. The molecule has 0 saturated heterocycles. The fraction of sp³-hybridized carbons (Fsp3) is 0.0769. The number of halogens is 6. The van der Waals surface area contributed by atoms with Crippen LogP contribution in [0.15, 0.2) is 39.3 Å². The van der Waals surface area contributed by atoms with Crippen LogP contribution in [0.25, 0.3) is 0 Å². The summed E-state index contributed by atoms with van der Waals surface area (Å²) in [5.74, 6) is -0.339. The largest absolute Gasteiger partial charge is 0.207 e. The van der Waals surface area contributed by atoms with E-state index >= 15 is 0 Å². The Kier molecular flexibility index (Phi) is 5.34. The Morgan fingerprint density at radius 1 is 1.00 bits per heavy atom. The zero-order valence-corrected chi connectivity index (χ0v) is 15.5. The van der Waals surface area contributed by atoms with Gasteiger partial charge in [-0.3, -0.25) is 0 Å². The Bertz CT molecular complexity index is 611. The van der Waals surface area contributed by atoms with Crippen LogP contribution in [0.1, 0.15) is 16.0 Å². The van der Waals surface area contributed by atoms with Crippen molar-refractivity contribution in [2.75, 3.05) is 0 Å². The summed E-state index contributed by atoms with van der Waals surface area (Å²) >= 11 is 22.0. The van der Waals surface area contributed by atoms with Crippen molar-refractivity contribution in [2.45, 2.75) is 4.83 Å². The first-order valence-electron chi connectivity index (χ1n) is 5.13. The monoisotopic (exact) mass is 488 g/mol. The van der Waals surface area contributed by atoms with E-state index in [1.165, 1.54) is 6.07 Å². The Morgan fingerprint density at radius 3 is 2.32 bits per heavy atom. The van der Waals surface area contributed by atoms with Crippen molar-refractivity contribution < 1.29 is 4.39 Å². The zero-order valence-electron chi connectivity index (χ0n) is 9.23. The van der Waals surface area contributed by atoms with Gasteiger partial charge in [-0.15, -0.1) is 0 Å². The number of hydrogen-bond acceptors (Lipinski definition) is 0. The molecule has 2 aromatic carbocycles. The molecule has 6 heteroatoms. The van der Waals surface area contributed by atoms with Crippen LogP contribution in [0, 0.1) is 5.82 Å². The highest BCUT2D eigenvalue weighted by atomic mass is 79.9. The maximum Gasteiger partial charge on any atom is 0.129 e. The molecule has 1 unspecified atom stereocenters. The van der Waals surface area contributed by atoms with Gasteiger partial charge in [0.15, 0.2) is 0 Å². The molecule has 100 valence electrons. The average Bonchev–Trinajstić information content (AvgIpc) is 2.31. The molecule has 19 heavy (non-hydrogen) atoms. The molecule has 0 fully saturated rings. The molecule has 0 heterocycles. The number of benzene rings is 2. The molecule has 0 aromatic heterocycles. The summed E-state index contributed by atoms with van der Waals surface area (Å²) in [5, 5.41) is 1.04. The molecule has 2 rings (SSSR count). The zero-order chi connectivity index (χ0) is 14.2. The number of hydrogen-bond donors (Lipinski definition) is 0. The summed E-state index contributed by atoms with van der Waals surface area (Å²) in [7, 11) is 0. The van der Waals surface area contributed by atoms with Gasteiger partial charge in [0, 0.05) is 19.5 Å². The standard InChI is InChI=1S/C13H6Br3Cl2F/c14-7-1-6(2-8(17)3-7)13(16)9-4-11(18)10(15)5-12(9)19/h1-5,13H. The minimum atomic E-state index is -0.339. The van der Waals surface area contributed by atoms with E-state index in [1.807, 2.05) is 6.07 Å². The smallest absolute Gasteiger partial charge is 0.129 e. The van der Waals surface area contributed by atoms with E-state index in [0.29, 0.717) is 20.1 Å². The topological polar surface area (TPSA) is 0 Å². The molecule has 0 amide bonds. The molecule has 0 nitrogen and oxygen atoms in total. The van der Waals surface area contributed by atoms with Gasteiger partial charge in [0.05, 0.1) is 9.85 Å². The maximum atomic E-state index is 14.0. The first-order valence-corrected chi connectivity index (χ1v) is 8.38. The minimum absolute atomic E-state index is 0.326. The quantitative estimate of drug-likeness (QED) is 0.309. The molecule has 0 spiro atoms. The molecule has 0 aliphatic heterocycles. The highest BCUT2D eigenvalue weighted by molar-refractivity contribution is 9.11. The van der Waals surface area contributed by atoms with Crippen LogP contribution in [0.5, 0.6) is 0 Å². The van der Waals surface area contributed by atoms with Gasteiger partial charge < -0.3 is 0 Å². The summed E-state index contributed by atoms with van der Waals surface area (Å²) in [5.41, 5.74) is 1.30. The second kappa shape index (κ2) is 6.44. The summed E-state index contributed by atoms with van der Waals surface area (Å²) < 4.78 is 15.4. The van der Waals surface area contributed by atoms with Crippen LogP contribution in [-0.4, -0.2) is 0 Å². The summed E-state index contributed by atoms with van der Waals surface area (Å²) in [4.78, 5) is -0.326. The van der Waals surface area contributed by atoms with Gasteiger partial charge in [-0.2, -0.15) is 0 Å². The lowest BCUT2D eigenvalue weighted by Gasteiger charge is -2.14. The van der Waals surface area contributed by atoms with Crippen molar-refractivity contribution in [2.24, 2.45) is 0 Å². The second-order valence-corrected chi connectivity index (χ2v) is 7.38. The Balaban J connectivity index is 2.49. The molecular formula is C13H6Br3Cl2F. The van der Waals surface area contributed by atoms with Gasteiger partial charge in [-0.05, 0) is 51.8 Å². The van der Waals surface area contributed by atoms with Gasteiger partial charge in [0.25, 0.3) is 0 Å².